The smallest absolute Gasteiger partial charge is 0.119 e. The van der Waals surface area contributed by atoms with Crippen LogP contribution in [-0.4, -0.2) is 41.8 Å². The van der Waals surface area contributed by atoms with E-state index in [1.165, 1.54) is 22.3 Å². The molecule has 42 heavy (non-hydrogen) atoms. The number of phenols is 1. The van der Waals surface area contributed by atoms with Crippen LogP contribution < -0.4 is 10.1 Å². The largest absolute Gasteiger partial charge is 0.508 e. The minimum atomic E-state index is 0.127. The monoisotopic (exact) mass is 564 g/mol. The molecule has 0 aliphatic carbocycles. The highest BCUT2D eigenvalue weighted by Crippen LogP contribution is 2.35. The van der Waals surface area contributed by atoms with Crippen LogP contribution in [0.15, 0.2) is 103 Å². The molecule has 4 nitrogen and oxygen atoms in total. The fourth-order valence-corrected chi connectivity index (χ4v) is 5.72. The molecule has 0 amide bonds. The molecule has 1 atom stereocenters. The second kappa shape index (κ2) is 16.1. The van der Waals surface area contributed by atoms with Gasteiger partial charge in [-0.3, -0.25) is 4.90 Å². The van der Waals surface area contributed by atoms with Crippen LogP contribution in [0.25, 0.3) is 0 Å². The van der Waals surface area contributed by atoms with Crippen LogP contribution in [0, 0.1) is 0 Å². The molecule has 1 unspecified atom stereocenters. The fraction of sp³-hybridized carbons (Fsp3) is 0.368. The molecule has 4 aromatic carbocycles. The predicted molar refractivity (Wildman–Crippen MR) is 175 cm³/mol. The van der Waals surface area contributed by atoms with Crippen molar-refractivity contribution in [3.05, 3.63) is 131 Å². The molecule has 0 fully saturated rings. The number of nitrogens with zero attached hydrogens (tertiary/aromatic N) is 1. The molecule has 4 heteroatoms. The number of nitrogens with one attached hydrogen (secondary N) is 1. The Balaban J connectivity index is 1.33. The third-order valence-electron chi connectivity index (χ3n) is 8.02. The van der Waals surface area contributed by atoms with Gasteiger partial charge >= 0.3 is 0 Å². The van der Waals surface area contributed by atoms with Crippen LogP contribution in [-0.2, 0) is 19.4 Å². The van der Waals surface area contributed by atoms with Gasteiger partial charge in [0.15, 0.2) is 0 Å². The zero-order valence-corrected chi connectivity index (χ0v) is 25.8. The zero-order chi connectivity index (χ0) is 29.7. The minimum absolute atomic E-state index is 0.127. The first-order valence-electron chi connectivity index (χ1n) is 15.5. The maximum absolute atomic E-state index is 11.0. The van der Waals surface area contributed by atoms with Crippen molar-refractivity contribution in [1.82, 2.24) is 10.2 Å². The van der Waals surface area contributed by atoms with E-state index in [9.17, 15) is 5.11 Å². The van der Waals surface area contributed by atoms with Crippen molar-refractivity contribution >= 4 is 0 Å². The lowest BCUT2D eigenvalue weighted by Gasteiger charge is -2.32. The van der Waals surface area contributed by atoms with Crippen molar-refractivity contribution in [3.63, 3.8) is 0 Å². The molecule has 222 valence electrons. The summed E-state index contributed by atoms with van der Waals surface area (Å²) in [5.74, 6) is 1.38. The van der Waals surface area contributed by atoms with Crippen LogP contribution in [0.4, 0.5) is 0 Å². The topological polar surface area (TPSA) is 44.7 Å². The number of ether oxygens (including phenoxy) is 1. The summed E-state index contributed by atoms with van der Waals surface area (Å²) in [5, 5.41) is 14.5. The van der Waals surface area contributed by atoms with Crippen molar-refractivity contribution < 1.29 is 9.84 Å². The summed E-state index contributed by atoms with van der Waals surface area (Å²) in [4.78, 5) is 2.53. The molecule has 4 rings (SSSR count). The Morgan fingerprint density at radius 3 is 2.02 bits per heavy atom. The van der Waals surface area contributed by atoms with Crippen LogP contribution >= 0.6 is 0 Å². The molecular formula is C38H48N2O2. The quantitative estimate of drug-likeness (QED) is 0.135. The highest BCUT2D eigenvalue weighted by Gasteiger charge is 2.21. The highest BCUT2D eigenvalue weighted by atomic mass is 16.5. The van der Waals surface area contributed by atoms with E-state index in [2.05, 4.69) is 123 Å². The van der Waals surface area contributed by atoms with Gasteiger partial charge in [0, 0.05) is 36.5 Å². The van der Waals surface area contributed by atoms with Crippen molar-refractivity contribution in [3.8, 4) is 11.5 Å². The average molecular weight is 565 g/mol. The average Bonchev–Trinajstić information content (AvgIpc) is 3.00. The molecule has 0 aromatic heterocycles. The van der Waals surface area contributed by atoms with Crippen molar-refractivity contribution in [1.29, 1.82) is 0 Å². The maximum atomic E-state index is 11.0. The lowest BCUT2D eigenvalue weighted by Crippen LogP contribution is -2.38. The van der Waals surface area contributed by atoms with E-state index in [1.807, 2.05) is 18.2 Å². The van der Waals surface area contributed by atoms with E-state index in [1.54, 1.807) is 0 Å². The van der Waals surface area contributed by atoms with Gasteiger partial charge in [-0.25, -0.2) is 0 Å². The lowest BCUT2D eigenvalue weighted by molar-refractivity contribution is 0.170. The molecule has 0 spiro atoms. The summed E-state index contributed by atoms with van der Waals surface area (Å²) < 4.78 is 6.11. The standard InChI is InChI=1S/C38H48N2O2/c1-29(2)40(30(3)4)25-22-36(34-13-9-6-10-14-34)37-27-32(17-20-38(37)41)23-26-42-35-18-15-31(16-19-35)21-24-39-28-33-11-7-5-8-12-33/h5-20,27,29-30,36,39,41H,21-26,28H2,1-4H3. The summed E-state index contributed by atoms with van der Waals surface area (Å²) in [7, 11) is 0. The molecule has 0 radical (unpaired) electrons. The Bertz CT molecular complexity index is 1310. The first kappa shape index (κ1) is 31.3. The molecule has 0 saturated heterocycles. The van der Waals surface area contributed by atoms with Gasteiger partial charge in [0.05, 0.1) is 6.61 Å². The van der Waals surface area contributed by atoms with Gasteiger partial charge in [-0.05, 0) is 94.1 Å². The molecule has 0 heterocycles. The first-order chi connectivity index (χ1) is 20.4. The van der Waals surface area contributed by atoms with Crippen molar-refractivity contribution in [2.45, 2.75) is 71.5 Å². The molecule has 0 saturated carbocycles. The Kier molecular flexibility index (Phi) is 12.0. The minimum Gasteiger partial charge on any atom is -0.508 e. The third kappa shape index (κ3) is 9.47. The number of phenolic OH excluding ortho intramolecular Hbond substituents is 1. The van der Waals surface area contributed by atoms with Gasteiger partial charge in [-0.2, -0.15) is 0 Å². The van der Waals surface area contributed by atoms with Gasteiger partial charge in [0.2, 0.25) is 0 Å². The lowest BCUT2D eigenvalue weighted by atomic mass is 9.86. The Hall–Kier alpha value is -3.60. The third-order valence-corrected chi connectivity index (χ3v) is 8.02. The van der Waals surface area contributed by atoms with Gasteiger partial charge in [0.25, 0.3) is 0 Å². The summed E-state index contributed by atoms with van der Waals surface area (Å²) in [6, 6.07) is 36.5. The van der Waals surface area contributed by atoms with Crippen LogP contribution in [0.1, 0.15) is 67.9 Å². The van der Waals surface area contributed by atoms with Gasteiger partial charge in [-0.1, -0.05) is 84.9 Å². The molecule has 2 N–H and O–H groups in total. The summed E-state index contributed by atoms with van der Waals surface area (Å²) in [5.41, 5.74) is 6.02. The normalized spacial score (nSPS) is 12.3. The number of benzene rings is 4. The van der Waals surface area contributed by atoms with E-state index in [0.29, 0.717) is 24.4 Å². The van der Waals surface area contributed by atoms with Crippen LogP contribution in [0.3, 0.4) is 0 Å². The Morgan fingerprint density at radius 2 is 1.36 bits per heavy atom. The van der Waals surface area contributed by atoms with E-state index >= 15 is 0 Å². The second-order valence-corrected chi connectivity index (χ2v) is 11.7. The number of hydrogen-bond donors (Lipinski definition) is 2. The van der Waals surface area contributed by atoms with E-state index in [0.717, 1.165) is 50.2 Å². The predicted octanol–water partition coefficient (Wildman–Crippen LogP) is 7.99. The van der Waals surface area contributed by atoms with E-state index < -0.39 is 0 Å². The molecule has 4 aromatic rings. The first-order valence-corrected chi connectivity index (χ1v) is 15.5. The van der Waals surface area contributed by atoms with Crippen molar-refractivity contribution in [2.24, 2.45) is 0 Å². The Labute approximate surface area is 253 Å². The molecular weight excluding hydrogens is 516 g/mol. The van der Waals surface area contributed by atoms with E-state index in [4.69, 9.17) is 4.74 Å². The van der Waals surface area contributed by atoms with Gasteiger partial charge in [0.1, 0.15) is 11.5 Å². The fourth-order valence-electron chi connectivity index (χ4n) is 5.72. The van der Waals surface area contributed by atoms with Crippen molar-refractivity contribution in [2.75, 3.05) is 19.7 Å². The molecule has 0 aliphatic heterocycles. The summed E-state index contributed by atoms with van der Waals surface area (Å²) >= 11 is 0. The molecule has 0 bridgehead atoms. The Morgan fingerprint density at radius 1 is 0.714 bits per heavy atom. The summed E-state index contributed by atoms with van der Waals surface area (Å²) in [6.07, 6.45) is 2.71. The van der Waals surface area contributed by atoms with Crippen LogP contribution in [0.2, 0.25) is 0 Å². The van der Waals surface area contributed by atoms with Gasteiger partial charge in [-0.15, -0.1) is 0 Å². The number of rotatable bonds is 16. The van der Waals surface area contributed by atoms with E-state index in [-0.39, 0.29) is 5.92 Å². The van der Waals surface area contributed by atoms with Crippen LogP contribution in [0.5, 0.6) is 11.5 Å². The summed E-state index contributed by atoms with van der Waals surface area (Å²) in [6.45, 7) is 12.4. The zero-order valence-electron chi connectivity index (χ0n) is 25.8. The number of aromatic hydroxyl groups is 1. The number of hydrogen-bond acceptors (Lipinski definition) is 4. The SMILES string of the molecule is CC(C)N(CCC(c1ccccc1)c1cc(CCOc2ccc(CCNCc3ccccc3)cc2)ccc1O)C(C)C. The second-order valence-electron chi connectivity index (χ2n) is 11.7. The highest BCUT2D eigenvalue weighted by molar-refractivity contribution is 5.44. The molecule has 0 aliphatic rings. The maximum Gasteiger partial charge on any atom is 0.119 e. The van der Waals surface area contributed by atoms with Gasteiger partial charge < -0.3 is 15.2 Å².